The number of aliphatic imine (C=N–C) groups is 1. The van der Waals surface area contributed by atoms with E-state index in [0.717, 1.165) is 6.42 Å². The zero-order chi connectivity index (χ0) is 11.3. The van der Waals surface area contributed by atoms with E-state index in [1.54, 1.807) is 18.2 Å². The third kappa shape index (κ3) is 2.77. The molecule has 15 heavy (non-hydrogen) atoms. The summed E-state index contributed by atoms with van der Waals surface area (Å²) in [5.74, 6) is 0.226. The second-order valence-electron chi connectivity index (χ2n) is 3.04. The fourth-order valence-corrected chi connectivity index (χ4v) is 1.17. The van der Waals surface area contributed by atoms with Crippen molar-refractivity contribution >= 4 is 11.5 Å². The fourth-order valence-electron chi connectivity index (χ4n) is 1.17. The largest absolute Gasteiger partial charge is 0.383 e. The van der Waals surface area contributed by atoms with Crippen molar-refractivity contribution in [2.24, 2.45) is 10.7 Å². The van der Waals surface area contributed by atoms with Crippen molar-refractivity contribution in [3.05, 3.63) is 39.9 Å². The highest BCUT2D eigenvalue weighted by atomic mass is 16.6. The second-order valence-corrected chi connectivity index (χ2v) is 3.04. The number of nitrogens with zero attached hydrogens (tertiary/aromatic N) is 2. The van der Waals surface area contributed by atoms with Crippen LogP contribution in [0.15, 0.2) is 29.3 Å². The molecule has 5 nitrogen and oxygen atoms in total. The smallest absolute Gasteiger partial charge is 0.280 e. The van der Waals surface area contributed by atoms with Gasteiger partial charge in [-0.15, -0.1) is 0 Å². The van der Waals surface area contributed by atoms with Crippen molar-refractivity contribution in [2.75, 3.05) is 6.54 Å². The van der Waals surface area contributed by atoms with Gasteiger partial charge in [0.25, 0.3) is 5.69 Å². The van der Waals surface area contributed by atoms with Crippen LogP contribution < -0.4 is 5.73 Å². The SMILES string of the molecule is CCCN=C(N)c1ccccc1[N+](=O)[O-]. The van der Waals surface area contributed by atoms with Crippen molar-refractivity contribution in [1.82, 2.24) is 0 Å². The van der Waals surface area contributed by atoms with Gasteiger partial charge < -0.3 is 5.73 Å². The van der Waals surface area contributed by atoms with Gasteiger partial charge in [-0.1, -0.05) is 19.1 Å². The van der Waals surface area contributed by atoms with Gasteiger partial charge in [0, 0.05) is 12.6 Å². The Kier molecular flexibility index (Phi) is 3.79. The second kappa shape index (κ2) is 5.09. The van der Waals surface area contributed by atoms with Crippen LogP contribution in [0.25, 0.3) is 0 Å². The molecule has 0 aliphatic heterocycles. The predicted molar refractivity (Wildman–Crippen MR) is 59.0 cm³/mol. The van der Waals surface area contributed by atoms with E-state index in [4.69, 9.17) is 5.73 Å². The van der Waals surface area contributed by atoms with Crippen LogP contribution in [0.2, 0.25) is 0 Å². The number of amidine groups is 1. The average Bonchev–Trinajstić information content (AvgIpc) is 2.25. The van der Waals surface area contributed by atoms with E-state index in [1.807, 2.05) is 6.92 Å². The van der Waals surface area contributed by atoms with Crippen LogP contribution in [0.3, 0.4) is 0 Å². The normalized spacial score (nSPS) is 11.4. The van der Waals surface area contributed by atoms with Crippen LogP contribution >= 0.6 is 0 Å². The summed E-state index contributed by atoms with van der Waals surface area (Å²) in [6, 6.07) is 6.33. The minimum absolute atomic E-state index is 0.00477. The standard InChI is InChI=1S/C10H13N3O2/c1-2-7-12-10(11)8-5-3-4-6-9(8)13(14)15/h3-6H,2,7H2,1H3,(H2,11,12). The van der Waals surface area contributed by atoms with E-state index in [2.05, 4.69) is 4.99 Å². The highest BCUT2D eigenvalue weighted by Gasteiger charge is 2.14. The molecule has 0 bridgehead atoms. The first-order valence-electron chi connectivity index (χ1n) is 4.70. The maximum absolute atomic E-state index is 10.7. The zero-order valence-corrected chi connectivity index (χ0v) is 8.51. The molecule has 0 aromatic heterocycles. The lowest BCUT2D eigenvalue weighted by atomic mass is 10.1. The Balaban J connectivity index is 3.07. The molecule has 0 atom stereocenters. The third-order valence-electron chi connectivity index (χ3n) is 1.88. The van der Waals surface area contributed by atoms with Gasteiger partial charge in [-0.25, -0.2) is 0 Å². The molecule has 0 saturated heterocycles. The molecule has 0 fully saturated rings. The monoisotopic (exact) mass is 207 g/mol. The average molecular weight is 207 g/mol. The van der Waals surface area contributed by atoms with Gasteiger partial charge in [0.1, 0.15) is 5.84 Å². The summed E-state index contributed by atoms with van der Waals surface area (Å²) in [4.78, 5) is 14.3. The predicted octanol–water partition coefficient (Wildman–Crippen LogP) is 1.71. The lowest BCUT2D eigenvalue weighted by Gasteiger charge is -2.01. The summed E-state index contributed by atoms with van der Waals surface area (Å²) >= 11 is 0. The van der Waals surface area contributed by atoms with Gasteiger partial charge in [0.2, 0.25) is 0 Å². The summed E-state index contributed by atoms with van der Waals surface area (Å²) in [5.41, 5.74) is 6.05. The van der Waals surface area contributed by atoms with Gasteiger partial charge in [-0.2, -0.15) is 0 Å². The maximum atomic E-state index is 10.7. The number of nitro benzene ring substituents is 1. The first kappa shape index (κ1) is 11.2. The molecule has 0 aliphatic carbocycles. The van der Waals surface area contributed by atoms with Crippen molar-refractivity contribution in [3.63, 3.8) is 0 Å². The fraction of sp³-hybridized carbons (Fsp3) is 0.300. The number of hydrogen-bond donors (Lipinski definition) is 1. The zero-order valence-electron chi connectivity index (χ0n) is 8.51. The molecular weight excluding hydrogens is 194 g/mol. The summed E-state index contributed by atoms with van der Waals surface area (Å²) in [7, 11) is 0. The number of hydrogen-bond acceptors (Lipinski definition) is 3. The van der Waals surface area contributed by atoms with Crippen LogP contribution in [0, 0.1) is 10.1 Å². The van der Waals surface area contributed by atoms with Crippen LogP contribution in [0.5, 0.6) is 0 Å². The molecule has 1 aromatic rings. The number of nitro groups is 1. The highest BCUT2D eigenvalue weighted by Crippen LogP contribution is 2.16. The van der Waals surface area contributed by atoms with E-state index in [1.165, 1.54) is 6.07 Å². The number of benzene rings is 1. The number of rotatable bonds is 4. The van der Waals surface area contributed by atoms with E-state index in [9.17, 15) is 10.1 Å². The van der Waals surface area contributed by atoms with E-state index >= 15 is 0 Å². The minimum Gasteiger partial charge on any atom is -0.383 e. The molecule has 1 aromatic carbocycles. The molecule has 0 spiro atoms. The molecule has 1 rings (SSSR count). The molecule has 0 amide bonds. The van der Waals surface area contributed by atoms with Crippen LogP contribution in [0.4, 0.5) is 5.69 Å². The Morgan fingerprint density at radius 1 is 1.53 bits per heavy atom. The highest BCUT2D eigenvalue weighted by molar-refractivity contribution is 6.01. The Morgan fingerprint density at radius 3 is 2.80 bits per heavy atom. The van der Waals surface area contributed by atoms with Crippen LogP contribution in [-0.2, 0) is 0 Å². The minimum atomic E-state index is -0.455. The summed E-state index contributed by atoms with van der Waals surface area (Å²) in [5, 5.41) is 10.7. The third-order valence-corrected chi connectivity index (χ3v) is 1.88. The van der Waals surface area contributed by atoms with Gasteiger partial charge in [-0.3, -0.25) is 15.1 Å². The van der Waals surface area contributed by atoms with Gasteiger partial charge >= 0.3 is 0 Å². The maximum Gasteiger partial charge on any atom is 0.280 e. The number of nitrogens with two attached hydrogens (primary N) is 1. The lowest BCUT2D eigenvalue weighted by molar-refractivity contribution is -0.385. The number of para-hydroxylation sites is 1. The Bertz CT molecular complexity index is 388. The summed E-state index contributed by atoms with van der Waals surface area (Å²) in [6.07, 6.45) is 0.862. The molecule has 0 saturated carbocycles. The molecule has 5 heteroatoms. The van der Waals surface area contributed by atoms with Crippen molar-refractivity contribution < 1.29 is 4.92 Å². The first-order valence-corrected chi connectivity index (χ1v) is 4.70. The molecule has 0 radical (unpaired) electrons. The summed E-state index contributed by atoms with van der Waals surface area (Å²) < 4.78 is 0. The van der Waals surface area contributed by atoms with Gasteiger partial charge in [0.05, 0.1) is 10.5 Å². The lowest BCUT2D eigenvalue weighted by Crippen LogP contribution is -2.15. The van der Waals surface area contributed by atoms with Crippen molar-refractivity contribution in [3.8, 4) is 0 Å². The van der Waals surface area contributed by atoms with Crippen molar-refractivity contribution in [2.45, 2.75) is 13.3 Å². The Morgan fingerprint density at radius 2 is 2.20 bits per heavy atom. The molecular formula is C10H13N3O2. The van der Waals surface area contributed by atoms with Crippen LogP contribution in [0.1, 0.15) is 18.9 Å². The van der Waals surface area contributed by atoms with Crippen LogP contribution in [-0.4, -0.2) is 17.3 Å². The quantitative estimate of drug-likeness (QED) is 0.353. The molecule has 0 heterocycles. The topological polar surface area (TPSA) is 81.5 Å². The first-order chi connectivity index (χ1) is 7.16. The van der Waals surface area contributed by atoms with E-state index < -0.39 is 4.92 Å². The van der Waals surface area contributed by atoms with Crippen molar-refractivity contribution in [1.29, 1.82) is 0 Å². The Hall–Kier alpha value is -1.91. The van der Waals surface area contributed by atoms with E-state index in [-0.39, 0.29) is 11.5 Å². The van der Waals surface area contributed by atoms with Gasteiger partial charge in [0.15, 0.2) is 0 Å². The van der Waals surface area contributed by atoms with E-state index in [0.29, 0.717) is 12.1 Å². The molecule has 0 unspecified atom stereocenters. The molecule has 2 N–H and O–H groups in total. The molecule has 0 aliphatic rings. The summed E-state index contributed by atoms with van der Waals surface area (Å²) in [6.45, 7) is 2.55. The van der Waals surface area contributed by atoms with Gasteiger partial charge in [-0.05, 0) is 12.5 Å². The molecule has 80 valence electrons. The Labute approximate surface area is 87.8 Å².